The Morgan fingerprint density at radius 2 is 1.81 bits per heavy atom. The summed E-state index contributed by atoms with van der Waals surface area (Å²) in [6, 6.07) is 4.85. The predicted octanol–water partition coefficient (Wildman–Crippen LogP) is 4.53. The fourth-order valence-corrected chi connectivity index (χ4v) is 4.98. The van der Waals surface area contributed by atoms with Crippen molar-refractivity contribution in [1.82, 2.24) is 19.6 Å². The van der Waals surface area contributed by atoms with Crippen molar-refractivity contribution < 1.29 is 18.7 Å². The molecule has 1 saturated heterocycles. The third-order valence-electron chi connectivity index (χ3n) is 6.98. The summed E-state index contributed by atoms with van der Waals surface area (Å²) in [4.78, 5) is 30.0. The van der Waals surface area contributed by atoms with Gasteiger partial charge in [0.25, 0.3) is 5.56 Å². The van der Waals surface area contributed by atoms with Crippen LogP contribution in [0, 0.1) is 12.7 Å². The van der Waals surface area contributed by atoms with Crippen LogP contribution >= 0.6 is 0 Å². The van der Waals surface area contributed by atoms with Crippen LogP contribution in [0.15, 0.2) is 23.0 Å². The van der Waals surface area contributed by atoms with E-state index in [9.17, 15) is 14.0 Å². The highest BCUT2D eigenvalue weighted by atomic mass is 19.1. The van der Waals surface area contributed by atoms with E-state index in [0.717, 1.165) is 31.2 Å². The molecule has 1 aliphatic heterocycles. The summed E-state index contributed by atoms with van der Waals surface area (Å²) in [7, 11) is 1.43. The average Bonchev–Trinajstić information content (AvgIpc) is 3.36. The molecule has 1 aromatic carbocycles. The highest BCUT2D eigenvalue weighted by Gasteiger charge is 2.28. The molecular weight excluding hydrogens is 463 g/mol. The molecule has 0 atom stereocenters. The number of piperazine rings is 1. The Morgan fingerprint density at radius 1 is 1.14 bits per heavy atom. The van der Waals surface area contributed by atoms with E-state index in [1.165, 1.54) is 13.2 Å². The van der Waals surface area contributed by atoms with Gasteiger partial charge in [0.2, 0.25) is 0 Å². The maximum absolute atomic E-state index is 14.6. The molecule has 8 nitrogen and oxygen atoms in total. The van der Waals surface area contributed by atoms with Gasteiger partial charge in [0.05, 0.1) is 18.8 Å². The van der Waals surface area contributed by atoms with Crippen LogP contribution in [-0.2, 0) is 11.3 Å². The van der Waals surface area contributed by atoms with Crippen molar-refractivity contribution in [2.24, 2.45) is 0 Å². The predicted molar refractivity (Wildman–Crippen MR) is 136 cm³/mol. The van der Waals surface area contributed by atoms with E-state index in [-0.39, 0.29) is 23.4 Å². The minimum atomic E-state index is -0.537. The Morgan fingerprint density at radius 3 is 2.39 bits per heavy atom. The molecular formula is C27H37FN4O4. The highest BCUT2D eigenvalue weighted by Crippen LogP contribution is 2.31. The molecule has 9 heteroatoms. The molecule has 1 aliphatic carbocycles. The zero-order valence-electron chi connectivity index (χ0n) is 22.0. The van der Waals surface area contributed by atoms with Crippen molar-refractivity contribution in [3.8, 4) is 17.0 Å². The first-order valence-corrected chi connectivity index (χ1v) is 12.7. The number of carbonyl (C=O) groups excluding carboxylic acids is 1. The summed E-state index contributed by atoms with van der Waals surface area (Å²) >= 11 is 0. The Labute approximate surface area is 212 Å². The Balaban J connectivity index is 1.61. The van der Waals surface area contributed by atoms with Gasteiger partial charge in [0.15, 0.2) is 11.6 Å². The lowest BCUT2D eigenvalue weighted by atomic mass is 10.0. The molecule has 2 heterocycles. The van der Waals surface area contributed by atoms with Gasteiger partial charge in [-0.25, -0.2) is 13.9 Å². The molecule has 1 amide bonds. The van der Waals surface area contributed by atoms with Crippen LogP contribution in [0.1, 0.15) is 63.6 Å². The lowest BCUT2D eigenvalue weighted by Gasteiger charge is -2.35. The van der Waals surface area contributed by atoms with Crippen LogP contribution < -0.4 is 10.3 Å². The lowest BCUT2D eigenvalue weighted by molar-refractivity contribution is 0.0138. The maximum Gasteiger partial charge on any atom is 0.410 e. The monoisotopic (exact) mass is 500 g/mol. The van der Waals surface area contributed by atoms with Crippen molar-refractivity contribution in [3.05, 3.63) is 45.5 Å². The molecule has 0 radical (unpaired) electrons. The summed E-state index contributed by atoms with van der Waals surface area (Å²) in [6.07, 6.45) is 3.66. The fraction of sp³-hybridized carbons (Fsp3) is 0.593. The number of ether oxygens (including phenoxy) is 2. The number of methoxy groups -OCH3 is 1. The summed E-state index contributed by atoms with van der Waals surface area (Å²) in [5.74, 6) is -0.293. The number of aromatic nitrogens is 2. The normalized spacial score (nSPS) is 17.4. The summed E-state index contributed by atoms with van der Waals surface area (Å²) in [6.45, 7) is 10.2. The zero-order valence-corrected chi connectivity index (χ0v) is 22.0. The van der Waals surface area contributed by atoms with E-state index >= 15 is 0 Å². The first-order chi connectivity index (χ1) is 17.1. The number of amides is 1. The smallest absolute Gasteiger partial charge is 0.410 e. The number of hydrogen-bond acceptors (Lipinski definition) is 6. The Kier molecular flexibility index (Phi) is 7.68. The third-order valence-corrected chi connectivity index (χ3v) is 6.98. The van der Waals surface area contributed by atoms with E-state index in [1.54, 1.807) is 21.7 Å². The number of nitrogens with zero attached hydrogens (tertiary/aromatic N) is 4. The second-order valence-corrected chi connectivity index (χ2v) is 10.7. The van der Waals surface area contributed by atoms with Crippen molar-refractivity contribution in [2.45, 2.75) is 71.6 Å². The van der Waals surface area contributed by atoms with Gasteiger partial charge in [0, 0.05) is 43.9 Å². The maximum atomic E-state index is 14.6. The number of carbonyl (C=O) groups is 1. The zero-order chi connectivity index (χ0) is 26.0. The molecule has 0 spiro atoms. The van der Waals surface area contributed by atoms with Gasteiger partial charge >= 0.3 is 6.09 Å². The molecule has 4 rings (SSSR count). The average molecular weight is 501 g/mol. The van der Waals surface area contributed by atoms with Crippen LogP contribution in [0.2, 0.25) is 0 Å². The number of benzene rings is 1. The van der Waals surface area contributed by atoms with Crippen LogP contribution in [0.4, 0.5) is 9.18 Å². The van der Waals surface area contributed by atoms with Crippen molar-refractivity contribution >= 4 is 6.09 Å². The summed E-state index contributed by atoms with van der Waals surface area (Å²) in [5, 5.41) is 4.75. The minimum absolute atomic E-state index is 0.0581. The third kappa shape index (κ3) is 5.72. The number of hydrogen-bond donors (Lipinski definition) is 0. The van der Waals surface area contributed by atoms with Crippen molar-refractivity contribution in [3.63, 3.8) is 0 Å². The van der Waals surface area contributed by atoms with Crippen molar-refractivity contribution in [1.29, 1.82) is 0 Å². The molecule has 0 unspecified atom stereocenters. The first kappa shape index (κ1) is 26.1. The Hall–Kier alpha value is -2.94. The first-order valence-electron chi connectivity index (χ1n) is 12.7. The van der Waals surface area contributed by atoms with Gasteiger partial charge in [-0.2, -0.15) is 5.10 Å². The Bertz CT molecular complexity index is 1160. The van der Waals surface area contributed by atoms with Gasteiger partial charge in [-0.3, -0.25) is 9.69 Å². The molecule has 36 heavy (non-hydrogen) atoms. The fourth-order valence-electron chi connectivity index (χ4n) is 4.98. The number of halogens is 1. The molecule has 1 saturated carbocycles. The SMILES string of the molecule is COc1ccc(-c2nn(C3CCCC3)c(=O)c(CN3CCN(C(=O)OC(C)(C)C)CC3)c2C)cc1F. The van der Waals surface area contributed by atoms with E-state index in [0.29, 0.717) is 49.5 Å². The molecule has 1 aromatic heterocycles. The summed E-state index contributed by atoms with van der Waals surface area (Å²) < 4.78 is 26.8. The van der Waals surface area contributed by atoms with Gasteiger partial charge < -0.3 is 14.4 Å². The van der Waals surface area contributed by atoms with Gasteiger partial charge in [-0.05, 0) is 64.3 Å². The molecule has 2 fully saturated rings. The van der Waals surface area contributed by atoms with E-state index < -0.39 is 11.4 Å². The largest absolute Gasteiger partial charge is 0.494 e. The minimum Gasteiger partial charge on any atom is -0.494 e. The van der Waals surface area contributed by atoms with Gasteiger partial charge in [-0.15, -0.1) is 0 Å². The molecule has 2 aliphatic rings. The second kappa shape index (κ2) is 10.6. The molecule has 2 aromatic rings. The second-order valence-electron chi connectivity index (χ2n) is 10.7. The van der Waals surface area contributed by atoms with E-state index in [2.05, 4.69) is 4.90 Å². The summed E-state index contributed by atoms with van der Waals surface area (Å²) in [5.41, 5.74) is 2.05. The lowest BCUT2D eigenvalue weighted by Crippen LogP contribution is -2.50. The molecule has 196 valence electrons. The highest BCUT2D eigenvalue weighted by molar-refractivity contribution is 5.68. The van der Waals surface area contributed by atoms with Crippen LogP contribution in [0.5, 0.6) is 5.75 Å². The van der Waals surface area contributed by atoms with Crippen LogP contribution in [-0.4, -0.2) is 64.6 Å². The van der Waals surface area contributed by atoms with Crippen molar-refractivity contribution in [2.75, 3.05) is 33.3 Å². The van der Waals surface area contributed by atoms with Gasteiger partial charge in [-0.1, -0.05) is 12.8 Å². The number of rotatable bonds is 5. The standard InChI is InChI=1S/C27H37FN4O4/c1-18-21(17-30-12-14-31(15-13-30)26(34)36-27(2,3)4)25(33)32(20-8-6-7-9-20)29-24(18)19-10-11-23(35-5)22(28)16-19/h10-11,16,20H,6-9,12-15,17H2,1-5H3. The molecule has 0 N–H and O–H groups in total. The van der Waals surface area contributed by atoms with E-state index in [4.69, 9.17) is 14.6 Å². The topological polar surface area (TPSA) is 76.9 Å². The van der Waals surface area contributed by atoms with Crippen LogP contribution in [0.3, 0.4) is 0 Å². The van der Waals surface area contributed by atoms with Crippen LogP contribution in [0.25, 0.3) is 11.3 Å². The van der Waals surface area contributed by atoms with E-state index in [1.807, 2.05) is 27.7 Å². The molecule has 0 bridgehead atoms. The quantitative estimate of drug-likeness (QED) is 0.600. The van der Waals surface area contributed by atoms with Gasteiger partial charge in [0.1, 0.15) is 5.60 Å².